The van der Waals surface area contributed by atoms with Gasteiger partial charge in [-0.3, -0.25) is 15.1 Å². The Hall–Kier alpha value is -3.80. The molecule has 0 saturated heterocycles. The number of non-ortho nitro benzene ring substituents is 1. The minimum absolute atomic E-state index is 0.00261. The van der Waals surface area contributed by atoms with Crippen LogP contribution >= 0.6 is 0 Å². The number of ether oxygens (including phenoxy) is 1. The van der Waals surface area contributed by atoms with Gasteiger partial charge in [-0.1, -0.05) is 72.8 Å². The summed E-state index contributed by atoms with van der Waals surface area (Å²) in [6.07, 6.45) is -0.00819. The van der Waals surface area contributed by atoms with Crippen molar-refractivity contribution in [2.24, 2.45) is 4.99 Å². The molecule has 0 unspecified atom stereocenters. The van der Waals surface area contributed by atoms with Crippen molar-refractivity contribution in [1.82, 2.24) is 0 Å². The first-order chi connectivity index (χ1) is 14.9. The van der Waals surface area contributed by atoms with E-state index in [9.17, 15) is 14.9 Å². The molecule has 6 heteroatoms. The van der Waals surface area contributed by atoms with Gasteiger partial charge in [0.05, 0.1) is 16.7 Å². The third-order valence-corrected chi connectivity index (χ3v) is 4.58. The molecule has 0 heterocycles. The van der Waals surface area contributed by atoms with Gasteiger partial charge in [-0.05, 0) is 19.4 Å². The largest absolute Gasteiger partial charge is 0.461 e. The maximum Gasteiger partial charge on any atom is 0.331 e. The first kappa shape index (κ1) is 21.9. The molecule has 3 aromatic rings. The smallest absolute Gasteiger partial charge is 0.331 e. The molecule has 0 aliphatic rings. The summed E-state index contributed by atoms with van der Waals surface area (Å²) in [6, 6.07) is 24.7. The van der Waals surface area contributed by atoms with Crippen LogP contribution in [0.2, 0.25) is 0 Å². The van der Waals surface area contributed by atoms with Crippen molar-refractivity contribution in [3.8, 4) is 0 Å². The first-order valence-electron chi connectivity index (χ1n) is 10.1. The molecule has 6 nitrogen and oxygen atoms in total. The van der Waals surface area contributed by atoms with E-state index in [1.54, 1.807) is 26.0 Å². The Balaban J connectivity index is 2.02. The van der Waals surface area contributed by atoms with Crippen LogP contribution in [-0.4, -0.2) is 28.8 Å². The number of benzene rings is 3. The summed E-state index contributed by atoms with van der Waals surface area (Å²) in [6.45, 7) is 3.58. The molecule has 3 rings (SSSR count). The minimum atomic E-state index is -0.792. The van der Waals surface area contributed by atoms with Crippen LogP contribution in [0.4, 0.5) is 5.69 Å². The van der Waals surface area contributed by atoms with Crippen molar-refractivity contribution in [3.05, 3.63) is 112 Å². The van der Waals surface area contributed by atoms with E-state index in [4.69, 9.17) is 9.73 Å². The zero-order valence-corrected chi connectivity index (χ0v) is 17.5. The Kier molecular flexibility index (Phi) is 7.27. The van der Waals surface area contributed by atoms with Crippen LogP contribution in [0.15, 0.2) is 89.9 Å². The summed E-state index contributed by atoms with van der Waals surface area (Å²) >= 11 is 0. The molecule has 0 bridgehead atoms. The lowest BCUT2D eigenvalue weighted by molar-refractivity contribution is -0.384. The lowest BCUT2D eigenvalue weighted by Gasteiger charge is -2.17. The van der Waals surface area contributed by atoms with Crippen LogP contribution in [0.5, 0.6) is 0 Å². The summed E-state index contributed by atoms with van der Waals surface area (Å²) in [5, 5.41) is 10.9. The van der Waals surface area contributed by atoms with E-state index in [2.05, 4.69) is 0 Å². The summed E-state index contributed by atoms with van der Waals surface area (Å²) in [5.74, 6) is -0.433. The highest BCUT2D eigenvalue weighted by atomic mass is 16.6. The highest BCUT2D eigenvalue weighted by Gasteiger charge is 2.23. The van der Waals surface area contributed by atoms with Gasteiger partial charge in [0, 0.05) is 29.7 Å². The molecule has 0 fully saturated rings. The van der Waals surface area contributed by atoms with Crippen molar-refractivity contribution < 1.29 is 14.5 Å². The van der Waals surface area contributed by atoms with E-state index in [1.165, 1.54) is 12.1 Å². The average Bonchev–Trinajstić information content (AvgIpc) is 2.77. The van der Waals surface area contributed by atoms with Crippen molar-refractivity contribution in [3.63, 3.8) is 0 Å². The second kappa shape index (κ2) is 10.3. The second-order valence-electron chi connectivity index (χ2n) is 7.34. The number of hydrogen-bond donors (Lipinski definition) is 0. The van der Waals surface area contributed by atoms with Crippen molar-refractivity contribution in [2.45, 2.75) is 32.4 Å². The fourth-order valence-corrected chi connectivity index (χ4v) is 3.13. The summed E-state index contributed by atoms with van der Waals surface area (Å²) in [4.78, 5) is 28.2. The maximum absolute atomic E-state index is 12.9. The van der Waals surface area contributed by atoms with E-state index in [0.29, 0.717) is 5.71 Å². The molecule has 0 aliphatic carbocycles. The molecule has 0 radical (unpaired) electrons. The molecule has 0 N–H and O–H groups in total. The summed E-state index contributed by atoms with van der Waals surface area (Å²) in [5.41, 5.74) is 3.23. The maximum atomic E-state index is 12.9. The number of rotatable bonds is 8. The molecular weight excluding hydrogens is 392 g/mol. The third-order valence-electron chi connectivity index (χ3n) is 4.58. The topological polar surface area (TPSA) is 81.8 Å². The Morgan fingerprint density at radius 1 is 0.903 bits per heavy atom. The number of carbonyl (C=O) groups excluding carboxylic acids is 1. The summed E-state index contributed by atoms with van der Waals surface area (Å²) < 4.78 is 5.46. The van der Waals surface area contributed by atoms with Crippen LogP contribution in [0.25, 0.3) is 0 Å². The number of aliphatic imine (C=N–C) groups is 1. The van der Waals surface area contributed by atoms with Crippen molar-refractivity contribution in [1.29, 1.82) is 0 Å². The van der Waals surface area contributed by atoms with Crippen LogP contribution in [0.1, 0.15) is 30.5 Å². The quantitative estimate of drug-likeness (QED) is 0.224. The monoisotopic (exact) mass is 416 g/mol. The zero-order valence-electron chi connectivity index (χ0n) is 17.5. The summed E-state index contributed by atoms with van der Waals surface area (Å²) in [7, 11) is 0. The molecule has 0 spiro atoms. The van der Waals surface area contributed by atoms with Gasteiger partial charge in [0.25, 0.3) is 5.69 Å². The number of nitro benzene ring substituents is 1. The van der Waals surface area contributed by atoms with Gasteiger partial charge in [-0.2, -0.15) is 0 Å². The Labute approximate surface area is 181 Å². The minimum Gasteiger partial charge on any atom is -0.461 e. The molecule has 0 amide bonds. The highest BCUT2D eigenvalue weighted by molar-refractivity contribution is 6.13. The van der Waals surface area contributed by atoms with E-state index in [1.807, 2.05) is 60.7 Å². The normalized spacial score (nSPS) is 11.6. The number of nitro groups is 1. The molecule has 0 aromatic heterocycles. The van der Waals surface area contributed by atoms with E-state index < -0.39 is 16.9 Å². The van der Waals surface area contributed by atoms with Crippen LogP contribution in [0, 0.1) is 10.1 Å². The molecule has 31 heavy (non-hydrogen) atoms. The van der Waals surface area contributed by atoms with Crippen LogP contribution in [-0.2, 0) is 16.0 Å². The predicted molar refractivity (Wildman–Crippen MR) is 120 cm³/mol. The lowest BCUT2D eigenvalue weighted by Crippen LogP contribution is -2.28. The van der Waals surface area contributed by atoms with Gasteiger partial charge >= 0.3 is 5.97 Å². The standard InChI is InChI=1S/C25H24N2O4/c1-18(2)31-25(28)23(17-19-13-15-22(16-14-19)27(29)30)26-24(20-9-5-3-6-10-20)21-11-7-4-8-12-21/h3-16,18,23H,17H2,1-2H3/t23-/m0/s1. The molecule has 0 saturated carbocycles. The van der Waals surface area contributed by atoms with Crippen molar-refractivity contribution in [2.75, 3.05) is 0 Å². The molecule has 1 atom stereocenters. The van der Waals surface area contributed by atoms with Gasteiger partial charge in [0.2, 0.25) is 0 Å². The van der Waals surface area contributed by atoms with Crippen LogP contribution in [0.3, 0.4) is 0 Å². The Morgan fingerprint density at radius 3 is 1.87 bits per heavy atom. The Morgan fingerprint density at radius 2 is 1.42 bits per heavy atom. The molecular formula is C25H24N2O4. The van der Waals surface area contributed by atoms with Gasteiger partial charge in [0.1, 0.15) is 0 Å². The second-order valence-corrected chi connectivity index (χ2v) is 7.34. The van der Waals surface area contributed by atoms with Crippen LogP contribution < -0.4 is 0 Å². The fraction of sp³-hybridized carbons (Fsp3) is 0.200. The van der Waals surface area contributed by atoms with E-state index in [0.717, 1.165) is 16.7 Å². The highest BCUT2D eigenvalue weighted by Crippen LogP contribution is 2.18. The molecule has 0 aliphatic heterocycles. The average molecular weight is 416 g/mol. The lowest BCUT2D eigenvalue weighted by atomic mass is 10.0. The fourth-order valence-electron chi connectivity index (χ4n) is 3.13. The zero-order chi connectivity index (χ0) is 22.2. The van der Waals surface area contributed by atoms with Gasteiger partial charge in [-0.25, -0.2) is 4.79 Å². The molecule has 158 valence electrons. The predicted octanol–water partition coefficient (Wildman–Crippen LogP) is 5.00. The van der Waals surface area contributed by atoms with Gasteiger partial charge in [0.15, 0.2) is 6.04 Å². The van der Waals surface area contributed by atoms with Crippen molar-refractivity contribution >= 4 is 17.4 Å². The first-order valence-corrected chi connectivity index (χ1v) is 10.1. The number of esters is 1. The SMILES string of the molecule is CC(C)OC(=O)[C@H](Cc1ccc([N+](=O)[O-])cc1)N=C(c1ccccc1)c1ccccc1. The third kappa shape index (κ3) is 6.09. The van der Waals surface area contributed by atoms with Gasteiger partial charge in [-0.15, -0.1) is 0 Å². The molecule has 3 aromatic carbocycles. The van der Waals surface area contributed by atoms with E-state index in [-0.39, 0.29) is 18.2 Å². The van der Waals surface area contributed by atoms with E-state index >= 15 is 0 Å². The number of carbonyl (C=O) groups is 1. The number of nitrogens with zero attached hydrogens (tertiary/aromatic N) is 2. The number of hydrogen-bond acceptors (Lipinski definition) is 5. The Bertz CT molecular complexity index is 1000. The van der Waals surface area contributed by atoms with Gasteiger partial charge < -0.3 is 4.74 Å².